The molecule has 2 heterocycles. The van der Waals surface area contributed by atoms with E-state index in [0.29, 0.717) is 6.04 Å². The molecule has 0 unspecified atom stereocenters. The normalized spacial score (nSPS) is 19.6. The highest BCUT2D eigenvalue weighted by atomic mass is 32.2. The summed E-state index contributed by atoms with van der Waals surface area (Å²) in [5.41, 5.74) is 2.51. The number of rotatable bonds is 3. The molecular weight excluding hydrogens is 232 g/mol. The highest BCUT2D eigenvalue weighted by Gasteiger charge is 2.22. The van der Waals surface area contributed by atoms with Gasteiger partial charge in [0.15, 0.2) is 5.16 Å². The molecule has 4 nitrogen and oxygen atoms in total. The maximum absolute atomic E-state index is 4.64. The third-order valence-corrected chi connectivity index (χ3v) is 4.09. The fraction of sp³-hybridized carbons (Fsp3) is 0.667. The van der Waals surface area contributed by atoms with E-state index in [9.17, 15) is 0 Å². The number of fused-ring (bicyclic) bond motifs is 1. The summed E-state index contributed by atoms with van der Waals surface area (Å²) >= 11 is 1.62. The van der Waals surface area contributed by atoms with Crippen molar-refractivity contribution >= 4 is 17.6 Å². The molecule has 1 saturated carbocycles. The second kappa shape index (κ2) is 4.82. The lowest BCUT2D eigenvalue weighted by Gasteiger charge is -2.29. The zero-order valence-electron chi connectivity index (χ0n) is 10.1. The lowest BCUT2D eigenvalue weighted by atomic mass is 9.93. The summed E-state index contributed by atoms with van der Waals surface area (Å²) in [6.45, 7) is 1.92. The Kier molecular flexibility index (Phi) is 3.20. The third kappa shape index (κ3) is 2.26. The minimum Gasteiger partial charge on any atom is -0.367 e. The first-order valence-electron chi connectivity index (χ1n) is 6.28. The fourth-order valence-corrected chi connectivity index (χ4v) is 2.68. The molecule has 2 aliphatic rings. The van der Waals surface area contributed by atoms with Crippen LogP contribution in [0.15, 0.2) is 5.16 Å². The van der Waals surface area contributed by atoms with Crippen molar-refractivity contribution in [1.82, 2.24) is 15.3 Å². The molecule has 0 amide bonds. The van der Waals surface area contributed by atoms with Crippen LogP contribution in [0.3, 0.4) is 0 Å². The molecule has 1 aliphatic carbocycles. The largest absolute Gasteiger partial charge is 0.367 e. The first kappa shape index (κ1) is 11.3. The summed E-state index contributed by atoms with van der Waals surface area (Å²) < 4.78 is 0. The highest BCUT2D eigenvalue weighted by Crippen LogP contribution is 2.28. The Hall–Kier alpha value is -0.810. The van der Waals surface area contributed by atoms with Crippen LogP contribution < -0.4 is 10.6 Å². The van der Waals surface area contributed by atoms with Gasteiger partial charge in [0.05, 0.1) is 5.69 Å². The van der Waals surface area contributed by atoms with Gasteiger partial charge in [0.1, 0.15) is 5.82 Å². The van der Waals surface area contributed by atoms with E-state index in [4.69, 9.17) is 0 Å². The smallest absolute Gasteiger partial charge is 0.189 e. The summed E-state index contributed by atoms with van der Waals surface area (Å²) in [5.74, 6) is 1.09. The van der Waals surface area contributed by atoms with Crippen molar-refractivity contribution in [2.24, 2.45) is 0 Å². The van der Waals surface area contributed by atoms with Gasteiger partial charge in [-0.3, -0.25) is 0 Å². The number of aromatic nitrogens is 2. The van der Waals surface area contributed by atoms with Crippen molar-refractivity contribution in [2.75, 3.05) is 18.1 Å². The predicted molar refractivity (Wildman–Crippen MR) is 70.5 cm³/mol. The molecule has 0 saturated heterocycles. The third-order valence-electron chi connectivity index (χ3n) is 3.55. The second-order valence-electron chi connectivity index (χ2n) is 4.68. The van der Waals surface area contributed by atoms with Gasteiger partial charge in [-0.05, 0) is 38.5 Å². The van der Waals surface area contributed by atoms with Gasteiger partial charge in [-0.2, -0.15) is 0 Å². The zero-order chi connectivity index (χ0) is 11.7. The molecule has 17 heavy (non-hydrogen) atoms. The molecule has 3 rings (SSSR count). The summed E-state index contributed by atoms with van der Waals surface area (Å²) in [6, 6.07) is 0.638. The van der Waals surface area contributed by atoms with E-state index in [1.54, 1.807) is 11.8 Å². The maximum atomic E-state index is 4.64. The Balaban J connectivity index is 1.92. The first-order valence-corrected chi connectivity index (χ1v) is 7.50. The van der Waals surface area contributed by atoms with Crippen LogP contribution in [0.1, 0.15) is 30.5 Å². The molecule has 2 N–H and O–H groups in total. The molecule has 0 radical (unpaired) electrons. The SMILES string of the molecule is CSc1nc2c(c(NC3CCC3)n1)CCNC2. The molecule has 5 heteroatoms. The Bertz CT molecular complexity index is 417. The van der Waals surface area contributed by atoms with Gasteiger partial charge >= 0.3 is 0 Å². The minimum absolute atomic E-state index is 0.638. The van der Waals surface area contributed by atoms with Crippen molar-refractivity contribution in [3.05, 3.63) is 11.3 Å². The van der Waals surface area contributed by atoms with Gasteiger partial charge in [-0.1, -0.05) is 11.8 Å². The van der Waals surface area contributed by atoms with Crippen LogP contribution in [-0.4, -0.2) is 28.8 Å². The number of hydrogen-bond acceptors (Lipinski definition) is 5. The lowest BCUT2D eigenvalue weighted by Crippen LogP contribution is -2.31. The summed E-state index contributed by atoms with van der Waals surface area (Å²) in [6.07, 6.45) is 6.99. The Morgan fingerprint density at radius 2 is 2.24 bits per heavy atom. The Labute approximate surface area is 106 Å². The summed E-state index contributed by atoms with van der Waals surface area (Å²) in [4.78, 5) is 9.23. The molecule has 0 spiro atoms. The number of thioether (sulfide) groups is 1. The maximum Gasteiger partial charge on any atom is 0.189 e. The molecule has 1 fully saturated rings. The average molecular weight is 250 g/mol. The molecule has 0 aromatic carbocycles. The molecule has 92 valence electrons. The van der Waals surface area contributed by atoms with Crippen molar-refractivity contribution in [3.8, 4) is 0 Å². The number of nitrogens with one attached hydrogen (secondary N) is 2. The average Bonchev–Trinajstić information content (AvgIpc) is 2.33. The van der Waals surface area contributed by atoms with Gasteiger partial charge in [0, 0.05) is 18.2 Å². The van der Waals surface area contributed by atoms with Gasteiger partial charge in [0.25, 0.3) is 0 Å². The van der Waals surface area contributed by atoms with Crippen LogP contribution in [-0.2, 0) is 13.0 Å². The van der Waals surface area contributed by atoms with Crippen LogP contribution in [0.4, 0.5) is 5.82 Å². The van der Waals surface area contributed by atoms with Crippen LogP contribution in [0.5, 0.6) is 0 Å². The molecule has 1 aliphatic heterocycles. The molecule has 0 atom stereocenters. The monoisotopic (exact) mass is 250 g/mol. The Morgan fingerprint density at radius 3 is 2.94 bits per heavy atom. The van der Waals surface area contributed by atoms with Crippen LogP contribution >= 0.6 is 11.8 Å². The van der Waals surface area contributed by atoms with E-state index < -0.39 is 0 Å². The van der Waals surface area contributed by atoms with Gasteiger partial charge < -0.3 is 10.6 Å². The fourth-order valence-electron chi connectivity index (χ4n) is 2.29. The molecule has 0 bridgehead atoms. The minimum atomic E-state index is 0.638. The van der Waals surface area contributed by atoms with E-state index in [2.05, 4.69) is 20.6 Å². The standard InChI is InChI=1S/C12H18N4S/c1-17-12-15-10-7-13-6-5-9(10)11(16-12)14-8-3-2-4-8/h8,13H,2-7H2,1H3,(H,14,15,16). The van der Waals surface area contributed by atoms with Crippen molar-refractivity contribution in [3.63, 3.8) is 0 Å². The van der Waals surface area contributed by atoms with E-state index in [1.165, 1.54) is 30.5 Å². The van der Waals surface area contributed by atoms with E-state index in [0.717, 1.165) is 30.5 Å². The zero-order valence-corrected chi connectivity index (χ0v) is 10.9. The quantitative estimate of drug-likeness (QED) is 0.633. The van der Waals surface area contributed by atoms with Crippen molar-refractivity contribution in [2.45, 2.75) is 43.4 Å². The highest BCUT2D eigenvalue weighted by molar-refractivity contribution is 7.98. The Morgan fingerprint density at radius 1 is 1.35 bits per heavy atom. The summed E-state index contributed by atoms with van der Waals surface area (Å²) in [7, 11) is 0. The molecule has 1 aromatic heterocycles. The van der Waals surface area contributed by atoms with Crippen molar-refractivity contribution in [1.29, 1.82) is 0 Å². The van der Waals surface area contributed by atoms with Gasteiger partial charge in [-0.15, -0.1) is 0 Å². The summed E-state index contributed by atoms with van der Waals surface area (Å²) in [5, 5.41) is 7.85. The van der Waals surface area contributed by atoms with Crippen LogP contribution in [0, 0.1) is 0 Å². The number of nitrogens with zero attached hydrogens (tertiary/aromatic N) is 2. The number of hydrogen-bond donors (Lipinski definition) is 2. The van der Waals surface area contributed by atoms with E-state index >= 15 is 0 Å². The van der Waals surface area contributed by atoms with Crippen LogP contribution in [0.25, 0.3) is 0 Å². The van der Waals surface area contributed by atoms with Gasteiger partial charge in [-0.25, -0.2) is 9.97 Å². The van der Waals surface area contributed by atoms with Crippen LogP contribution in [0.2, 0.25) is 0 Å². The molecule has 1 aromatic rings. The molecular formula is C12H18N4S. The number of anilines is 1. The second-order valence-corrected chi connectivity index (χ2v) is 5.46. The van der Waals surface area contributed by atoms with Gasteiger partial charge in [0.2, 0.25) is 0 Å². The lowest BCUT2D eigenvalue weighted by molar-refractivity contribution is 0.443. The topological polar surface area (TPSA) is 49.8 Å². The van der Waals surface area contributed by atoms with Crippen molar-refractivity contribution < 1.29 is 0 Å². The first-order chi connectivity index (χ1) is 8.36. The van der Waals surface area contributed by atoms with E-state index in [1.807, 2.05) is 6.26 Å². The predicted octanol–water partition coefficient (Wildman–Crippen LogP) is 1.81. The van der Waals surface area contributed by atoms with E-state index in [-0.39, 0.29) is 0 Å².